The molecule has 34 heavy (non-hydrogen) atoms. The SMILES string of the molecule is CC(C)(C)OC(=O)N=C(CCc1cccc(-c2ccc(C3CC3)cc2)c1)NC(=O)OC(C)(C)C. The van der Waals surface area contributed by atoms with Crippen molar-refractivity contribution < 1.29 is 19.1 Å². The lowest BCUT2D eigenvalue weighted by Gasteiger charge is -2.21. The standard InChI is InChI=1S/C28H36N2O4/c1-27(2,3)33-25(31)29-24(30-26(32)34-28(4,5)6)17-10-19-8-7-9-23(18-19)22-15-13-21(14-16-22)20-11-12-20/h7-9,13-16,18,20H,10-12,17H2,1-6H3,(H,29,30,31,32). The first kappa shape index (κ1) is 25.5. The fraction of sp³-hybridized carbons (Fsp3) is 0.464. The zero-order valence-electron chi connectivity index (χ0n) is 21.1. The molecule has 0 aliphatic heterocycles. The van der Waals surface area contributed by atoms with Crippen LogP contribution in [0.1, 0.15) is 77.8 Å². The van der Waals surface area contributed by atoms with Crippen molar-refractivity contribution in [2.24, 2.45) is 4.99 Å². The molecule has 2 aromatic rings. The second-order valence-electron chi connectivity index (χ2n) is 10.8. The maximum absolute atomic E-state index is 12.3. The lowest BCUT2D eigenvalue weighted by atomic mass is 9.99. The van der Waals surface area contributed by atoms with Crippen LogP contribution in [0.15, 0.2) is 53.5 Å². The monoisotopic (exact) mass is 464 g/mol. The van der Waals surface area contributed by atoms with Gasteiger partial charge in [-0.15, -0.1) is 0 Å². The number of amides is 2. The number of aliphatic imine (C=N–C) groups is 1. The Morgan fingerprint density at radius 3 is 2.15 bits per heavy atom. The van der Waals surface area contributed by atoms with Gasteiger partial charge in [-0.05, 0) is 89.0 Å². The van der Waals surface area contributed by atoms with Gasteiger partial charge in [-0.3, -0.25) is 5.32 Å². The second-order valence-corrected chi connectivity index (χ2v) is 10.8. The van der Waals surface area contributed by atoms with Gasteiger partial charge >= 0.3 is 12.2 Å². The zero-order chi connectivity index (χ0) is 24.9. The highest BCUT2D eigenvalue weighted by Gasteiger charge is 2.23. The van der Waals surface area contributed by atoms with Gasteiger partial charge in [0.15, 0.2) is 0 Å². The van der Waals surface area contributed by atoms with E-state index in [1.807, 2.05) is 12.1 Å². The molecule has 0 spiro atoms. The lowest BCUT2D eigenvalue weighted by Crippen LogP contribution is -2.37. The molecule has 1 N–H and O–H groups in total. The summed E-state index contributed by atoms with van der Waals surface area (Å²) in [5.41, 5.74) is 3.44. The molecule has 0 atom stereocenters. The minimum atomic E-state index is -0.747. The summed E-state index contributed by atoms with van der Waals surface area (Å²) in [6.45, 7) is 10.6. The van der Waals surface area contributed by atoms with Crippen molar-refractivity contribution in [3.05, 3.63) is 59.7 Å². The number of nitrogens with one attached hydrogen (secondary N) is 1. The number of alkyl carbamates (subject to hydrolysis) is 1. The van der Waals surface area contributed by atoms with Gasteiger partial charge in [0.25, 0.3) is 0 Å². The summed E-state index contributed by atoms with van der Waals surface area (Å²) in [4.78, 5) is 28.6. The molecule has 6 heteroatoms. The first-order chi connectivity index (χ1) is 15.9. The fourth-order valence-electron chi connectivity index (χ4n) is 3.50. The Kier molecular flexibility index (Phi) is 7.80. The van der Waals surface area contributed by atoms with Crippen molar-refractivity contribution in [2.75, 3.05) is 0 Å². The van der Waals surface area contributed by atoms with Crippen LogP contribution in [0.25, 0.3) is 11.1 Å². The molecule has 0 saturated heterocycles. The van der Waals surface area contributed by atoms with E-state index in [9.17, 15) is 9.59 Å². The van der Waals surface area contributed by atoms with Crippen LogP contribution in [0, 0.1) is 0 Å². The third-order valence-corrected chi connectivity index (χ3v) is 5.14. The molecule has 0 unspecified atom stereocenters. The summed E-state index contributed by atoms with van der Waals surface area (Å²) >= 11 is 0. The molecule has 0 aromatic heterocycles. The molecule has 1 aliphatic rings. The molecule has 0 bridgehead atoms. The van der Waals surface area contributed by atoms with Crippen molar-refractivity contribution in [1.82, 2.24) is 5.32 Å². The number of carbonyl (C=O) groups excluding carboxylic acids is 2. The number of benzene rings is 2. The van der Waals surface area contributed by atoms with E-state index in [0.717, 1.165) is 17.0 Å². The second kappa shape index (κ2) is 10.4. The van der Waals surface area contributed by atoms with E-state index < -0.39 is 23.4 Å². The predicted molar refractivity (Wildman–Crippen MR) is 135 cm³/mol. The maximum atomic E-state index is 12.3. The summed E-state index contributed by atoms with van der Waals surface area (Å²) in [5, 5.41) is 2.62. The largest absolute Gasteiger partial charge is 0.444 e. The van der Waals surface area contributed by atoms with Crippen LogP contribution < -0.4 is 5.32 Å². The number of amidine groups is 1. The predicted octanol–water partition coefficient (Wildman–Crippen LogP) is 7.02. The number of nitrogens with zero attached hydrogens (tertiary/aromatic N) is 1. The Labute approximate surface area is 202 Å². The van der Waals surface area contributed by atoms with Gasteiger partial charge < -0.3 is 9.47 Å². The van der Waals surface area contributed by atoms with Crippen LogP contribution in [0.5, 0.6) is 0 Å². The normalized spacial score (nSPS) is 14.5. The van der Waals surface area contributed by atoms with Crippen LogP contribution in [0.4, 0.5) is 9.59 Å². The van der Waals surface area contributed by atoms with Gasteiger partial charge in [0, 0.05) is 6.42 Å². The number of ether oxygens (including phenoxy) is 2. The maximum Gasteiger partial charge on any atom is 0.435 e. The van der Waals surface area contributed by atoms with Crippen LogP contribution in [0.2, 0.25) is 0 Å². The Balaban J connectivity index is 1.71. The Morgan fingerprint density at radius 1 is 0.912 bits per heavy atom. The number of aryl methyl sites for hydroxylation is 1. The van der Waals surface area contributed by atoms with Gasteiger partial charge in [0.05, 0.1) is 0 Å². The molecule has 0 radical (unpaired) electrons. The van der Waals surface area contributed by atoms with E-state index in [1.54, 1.807) is 41.5 Å². The molecule has 6 nitrogen and oxygen atoms in total. The van der Waals surface area contributed by atoms with Crippen LogP contribution in [-0.2, 0) is 15.9 Å². The molecule has 0 heterocycles. The third kappa shape index (κ3) is 8.65. The van der Waals surface area contributed by atoms with Gasteiger partial charge in [-0.1, -0.05) is 48.5 Å². The van der Waals surface area contributed by atoms with Crippen molar-refractivity contribution in [1.29, 1.82) is 0 Å². The average molecular weight is 465 g/mol. The molecule has 3 rings (SSSR count). The topological polar surface area (TPSA) is 77.0 Å². The highest BCUT2D eigenvalue weighted by Crippen LogP contribution is 2.40. The molecule has 2 aromatic carbocycles. The average Bonchev–Trinajstić information content (AvgIpc) is 3.55. The molecule has 2 amide bonds. The molecule has 1 aliphatic carbocycles. The Hall–Kier alpha value is -3.15. The molecule has 1 fully saturated rings. The van der Waals surface area contributed by atoms with Crippen molar-refractivity contribution in [2.45, 2.75) is 84.3 Å². The smallest absolute Gasteiger partial charge is 0.435 e. The third-order valence-electron chi connectivity index (χ3n) is 5.14. The summed E-state index contributed by atoms with van der Waals surface area (Å²) in [6, 6.07) is 17.0. The number of rotatable bonds is 5. The molecular formula is C28H36N2O4. The Bertz CT molecular complexity index is 1040. The van der Waals surface area contributed by atoms with Crippen LogP contribution in [0.3, 0.4) is 0 Å². The van der Waals surface area contributed by atoms with E-state index >= 15 is 0 Å². The highest BCUT2D eigenvalue weighted by molar-refractivity contribution is 6.00. The minimum Gasteiger partial charge on any atom is -0.444 e. The summed E-state index contributed by atoms with van der Waals surface area (Å²) in [5.74, 6) is 0.947. The highest BCUT2D eigenvalue weighted by atomic mass is 16.6. The lowest BCUT2D eigenvalue weighted by molar-refractivity contribution is 0.0561. The number of carbonyl (C=O) groups is 2. The molecule has 182 valence electrons. The van der Waals surface area contributed by atoms with E-state index in [0.29, 0.717) is 12.8 Å². The van der Waals surface area contributed by atoms with Gasteiger partial charge in [0.2, 0.25) is 0 Å². The van der Waals surface area contributed by atoms with E-state index in [1.165, 1.54) is 24.0 Å². The summed E-state index contributed by atoms with van der Waals surface area (Å²) in [7, 11) is 0. The minimum absolute atomic E-state index is 0.211. The summed E-state index contributed by atoms with van der Waals surface area (Å²) < 4.78 is 10.6. The van der Waals surface area contributed by atoms with Crippen molar-refractivity contribution in [3.63, 3.8) is 0 Å². The zero-order valence-corrected chi connectivity index (χ0v) is 21.1. The van der Waals surface area contributed by atoms with Gasteiger partial charge in [0.1, 0.15) is 17.0 Å². The van der Waals surface area contributed by atoms with Gasteiger partial charge in [-0.25, -0.2) is 9.59 Å². The first-order valence-corrected chi connectivity index (χ1v) is 11.9. The molecule has 1 saturated carbocycles. The first-order valence-electron chi connectivity index (χ1n) is 11.9. The fourth-order valence-corrected chi connectivity index (χ4v) is 3.50. The van der Waals surface area contributed by atoms with E-state index in [4.69, 9.17) is 9.47 Å². The molecular weight excluding hydrogens is 428 g/mol. The van der Waals surface area contributed by atoms with E-state index in [-0.39, 0.29) is 5.84 Å². The van der Waals surface area contributed by atoms with Crippen molar-refractivity contribution >= 4 is 18.0 Å². The quantitative estimate of drug-likeness (QED) is 0.381. The summed E-state index contributed by atoms with van der Waals surface area (Å²) in [6.07, 6.45) is 2.12. The van der Waals surface area contributed by atoms with E-state index in [2.05, 4.69) is 46.7 Å². The van der Waals surface area contributed by atoms with Crippen molar-refractivity contribution in [3.8, 4) is 11.1 Å². The van der Waals surface area contributed by atoms with Crippen LogP contribution >= 0.6 is 0 Å². The van der Waals surface area contributed by atoms with Crippen LogP contribution in [-0.4, -0.2) is 29.2 Å². The Morgan fingerprint density at radius 2 is 1.56 bits per heavy atom. The number of hydrogen-bond donors (Lipinski definition) is 1. The van der Waals surface area contributed by atoms with Gasteiger partial charge in [-0.2, -0.15) is 4.99 Å². The number of hydrogen-bond acceptors (Lipinski definition) is 4.